The molecule has 1 aromatic heterocycles. The molecule has 1 fully saturated rings. The van der Waals surface area contributed by atoms with Gasteiger partial charge in [0.15, 0.2) is 28.6 Å². The van der Waals surface area contributed by atoms with E-state index in [9.17, 15) is 28.2 Å². The molecule has 1 aromatic rings. The number of aliphatic hydroxyl groups is 3. The van der Waals surface area contributed by atoms with Gasteiger partial charge in [0.1, 0.15) is 17.8 Å². The molecule has 0 amide bonds. The molecule has 2 heterocycles. The van der Waals surface area contributed by atoms with Crippen LogP contribution in [0.2, 0.25) is 0 Å². The number of hydrogen-bond donors (Lipinski definition) is 3. The van der Waals surface area contributed by atoms with E-state index in [-0.39, 0.29) is 0 Å². The highest BCUT2D eigenvalue weighted by atomic mass is 32.2. The van der Waals surface area contributed by atoms with Crippen molar-refractivity contribution < 1.29 is 60.3 Å². The van der Waals surface area contributed by atoms with E-state index in [4.69, 9.17) is 22.8 Å². The van der Waals surface area contributed by atoms with E-state index in [1.54, 1.807) is 18.3 Å². The summed E-state index contributed by atoms with van der Waals surface area (Å²) in [4.78, 5) is 11.4. The molecule has 0 radical (unpaired) electrons. The molecule has 0 aromatic carbocycles. The highest BCUT2D eigenvalue weighted by molar-refractivity contribution is 7.86. The Morgan fingerprint density at radius 2 is 1.93 bits per heavy atom. The van der Waals surface area contributed by atoms with E-state index in [2.05, 4.69) is 4.74 Å². The molecular formula is C13H16F3NO9S. The van der Waals surface area contributed by atoms with Crippen LogP contribution in [0.3, 0.4) is 0 Å². The second-order valence-corrected chi connectivity index (χ2v) is 6.53. The number of rotatable bonds is 3. The molecule has 2 rings (SSSR count). The van der Waals surface area contributed by atoms with Gasteiger partial charge in [-0.1, -0.05) is 0 Å². The molecule has 1 saturated heterocycles. The van der Waals surface area contributed by atoms with Gasteiger partial charge in [0.05, 0.1) is 13.7 Å². The van der Waals surface area contributed by atoms with E-state index < -0.39 is 52.7 Å². The third-order valence-electron chi connectivity index (χ3n) is 3.34. The summed E-state index contributed by atoms with van der Waals surface area (Å²) in [7, 11) is -4.82. The number of aromatic nitrogens is 1. The summed E-state index contributed by atoms with van der Waals surface area (Å²) in [6.07, 6.45) is -1.04. The number of pyridine rings is 1. The van der Waals surface area contributed by atoms with Crippen LogP contribution in [-0.2, 0) is 19.6 Å². The minimum absolute atomic E-state index is 0.294. The largest absolute Gasteiger partial charge is 0.741 e. The van der Waals surface area contributed by atoms with Crippen molar-refractivity contribution in [2.75, 3.05) is 13.7 Å². The van der Waals surface area contributed by atoms with Gasteiger partial charge in [-0.15, -0.1) is 0 Å². The van der Waals surface area contributed by atoms with Crippen LogP contribution < -0.4 is 4.57 Å². The van der Waals surface area contributed by atoms with Gasteiger partial charge in [-0.25, -0.2) is 13.2 Å². The zero-order chi connectivity index (χ0) is 21.0. The molecular weight excluding hydrogens is 403 g/mol. The fourth-order valence-electron chi connectivity index (χ4n) is 2.02. The first-order chi connectivity index (χ1) is 12.3. The molecule has 0 spiro atoms. The monoisotopic (exact) mass is 419 g/mol. The smallest absolute Gasteiger partial charge is 0.485 e. The predicted octanol–water partition coefficient (Wildman–Crippen LogP) is -1.58. The maximum atomic E-state index is 11.4. The Bertz CT molecular complexity index is 756. The van der Waals surface area contributed by atoms with E-state index in [1.807, 2.05) is 0 Å². The van der Waals surface area contributed by atoms with Crippen LogP contribution in [-0.4, -0.2) is 71.8 Å². The van der Waals surface area contributed by atoms with Gasteiger partial charge in [0.25, 0.3) is 6.23 Å². The summed E-state index contributed by atoms with van der Waals surface area (Å²) >= 11 is 0. The number of aliphatic hydroxyl groups excluding tert-OH is 3. The second-order valence-electron chi connectivity index (χ2n) is 5.16. The van der Waals surface area contributed by atoms with Crippen molar-refractivity contribution >= 4 is 16.1 Å². The number of carbonyl (C=O) groups excluding carboxylic acids is 1. The van der Waals surface area contributed by atoms with Crippen LogP contribution in [0.5, 0.6) is 0 Å². The Morgan fingerprint density at radius 3 is 2.33 bits per heavy atom. The Kier molecular flexibility index (Phi) is 7.65. The lowest BCUT2D eigenvalue weighted by Gasteiger charge is -2.10. The van der Waals surface area contributed by atoms with Crippen LogP contribution in [0.25, 0.3) is 0 Å². The molecule has 1 aliphatic heterocycles. The van der Waals surface area contributed by atoms with Gasteiger partial charge in [0.2, 0.25) is 0 Å². The summed E-state index contributed by atoms with van der Waals surface area (Å²) in [6.45, 7) is -0.397. The second kappa shape index (κ2) is 8.90. The van der Waals surface area contributed by atoms with E-state index in [0.29, 0.717) is 5.56 Å². The molecule has 4 atom stereocenters. The summed E-state index contributed by atoms with van der Waals surface area (Å²) < 4.78 is 70.3. The lowest BCUT2D eigenvalue weighted by molar-refractivity contribution is -0.765. The summed E-state index contributed by atoms with van der Waals surface area (Å²) in [5, 5.41) is 28.6. The van der Waals surface area contributed by atoms with E-state index >= 15 is 0 Å². The van der Waals surface area contributed by atoms with Crippen LogP contribution in [0.15, 0.2) is 24.5 Å². The van der Waals surface area contributed by atoms with Crippen molar-refractivity contribution in [3.8, 4) is 0 Å². The first-order valence-corrected chi connectivity index (χ1v) is 8.48. The van der Waals surface area contributed by atoms with Crippen molar-refractivity contribution in [2.24, 2.45) is 0 Å². The number of hydrogen-bond acceptors (Lipinski definition) is 9. The molecule has 0 unspecified atom stereocenters. The number of halogens is 3. The maximum Gasteiger partial charge on any atom is 0.485 e. The van der Waals surface area contributed by atoms with Crippen LogP contribution in [0.4, 0.5) is 13.2 Å². The van der Waals surface area contributed by atoms with Gasteiger partial charge in [-0.05, 0) is 6.07 Å². The lowest BCUT2D eigenvalue weighted by atomic mass is 10.1. The van der Waals surface area contributed by atoms with Gasteiger partial charge in [-0.2, -0.15) is 17.7 Å². The first-order valence-electron chi connectivity index (χ1n) is 7.07. The fraction of sp³-hybridized carbons (Fsp3) is 0.538. The van der Waals surface area contributed by atoms with Crippen molar-refractivity contribution in [3.63, 3.8) is 0 Å². The molecule has 0 saturated carbocycles. The SMILES string of the molecule is COC(=O)c1ccc[n+]([C@@H]2O[C@H](CO)[C@@H](O)[C@H]2O)c1.O=S(=O)([O-])C(F)(F)F. The molecule has 1 aliphatic rings. The topological polar surface area (TPSA) is 157 Å². The van der Waals surface area contributed by atoms with Gasteiger partial charge in [-0.3, -0.25) is 0 Å². The zero-order valence-electron chi connectivity index (χ0n) is 13.6. The summed E-state index contributed by atoms with van der Waals surface area (Å²) in [5.74, 6) is -0.513. The van der Waals surface area contributed by atoms with Crippen LogP contribution >= 0.6 is 0 Å². The average molecular weight is 419 g/mol. The number of alkyl halides is 3. The first kappa shape index (κ1) is 23.2. The van der Waals surface area contributed by atoms with Crippen LogP contribution in [0.1, 0.15) is 16.6 Å². The molecule has 0 aliphatic carbocycles. The quantitative estimate of drug-likeness (QED) is 0.228. The minimum atomic E-state index is -6.09. The van der Waals surface area contributed by atoms with E-state index in [1.165, 1.54) is 17.9 Å². The molecule has 0 bridgehead atoms. The van der Waals surface area contributed by atoms with Crippen LogP contribution in [0, 0.1) is 0 Å². The standard InChI is InChI=1S/C12H16NO6.CHF3O3S/c1-18-12(17)7-3-2-4-13(5-7)11-10(16)9(15)8(6-14)19-11;2-1(3,4)8(5,6)7/h2-5,8-11,14-16H,6H2,1H3;(H,5,6,7)/q+1;/p-1/t8-,9-,10-,11-;/m1./s1. The van der Waals surface area contributed by atoms with Gasteiger partial charge >= 0.3 is 11.5 Å². The van der Waals surface area contributed by atoms with Crippen molar-refractivity contribution in [2.45, 2.75) is 30.0 Å². The van der Waals surface area contributed by atoms with Gasteiger partial charge < -0.3 is 29.3 Å². The van der Waals surface area contributed by atoms with Gasteiger partial charge in [0, 0.05) is 6.07 Å². The number of methoxy groups -OCH3 is 1. The predicted molar refractivity (Wildman–Crippen MR) is 76.7 cm³/mol. The lowest BCUT2D eigenvalue weighted by Crippen LogP contribution is -2.46. The minimum Gasteiger partial charge on any atom is -0.741 e. The third-order valence-corrected chi connectivity index (χ3v) is 3.90. The fourth-order valence-corrected chi connectivity index (χ4v) is 2.02. The normalized spacial score (nSPS) is 25.5. The highest BCUT2D eigenvalue weighted by Gasteiger charge is 2.48. The zero-order valence-corrected chi connectivity index (χ0v) is 14.4. The summed E-state index contributed by atoms with van der Waals surface area (Å²) in [5.41, 5.74) is -5.35. The summed E-state index contributed by atoms with van der Waals surface area (Å²) in [6, 6.07) is 3.16. The molecule has 10 nitrogen and oxygen atoms in total. The number of carbonyl (C=O) groups is 1. The Hall–Kier alpha value is -1.84. The third kappa shape index (κ3) is 5.82. The van der Waals surface area contributed by atoms with E-state index in [0.717, 1.165) is 0 Å². The maximum absolute atomic E-state index is 11.4. The molecule has 3 N–H and O–H groups in total. The Balaban J connectivity index is 0.000000387. The molecule has 154 valence electrons. The Morgan fingerprint density at radius 1 is 1.37 bits per heavy atom. The highest BCUT2D eigenvalue weighted by Crippen LogP contribution is 2.25. The number of ether oxygens (including phenoxy) is 2. The average Bonchev–Trinajstić information content (AvgIpc) is 2.88. The van der Waals surface area contributed by atoms with Crippen molar-refractivity contribution in [1.29, 1.82) is 0 Å². The number of nitrogens with zero attached hydrogens (tertiary/aromatic N) is 1. The number of esters is 1. The Labute approximate surface area is 151 Å². The molecule has 14 heteroatoms. The van der Waals surface area contributed by atoms with Crippen molar-refractivity contribution in [1.82, 2.24) is 0 Å². The molecule has 27 heavy (non-hydrogen) atoms. The van der Waals surface area contributed by atoms with Crippen molar-refractivity contribution in [3.05, 3.63) is 30.1 Å².